The van der Waals surface area contributed by atoms with Gasteiger partial charge in [0.25, 0.3) is 5.91 Å². The second-order valence-electron chi connectivity index (χ2n) is 11.2. The lowest BCUT2D eigenvalue weighted by Crippen LogP contribution is -2.51. The number of carbonyl (C=O) groups excluding carboxylic acids is 2. The zero-order valence-electron chi connectivity index (χ0n) is 25.9. The van der Waals surface area contributed by atoms with Crippen LogP contribution in [-0.2, 0) is 43.9 Å². The van der Waals surface area contributed by atoms with E-state index in [2.05, 4.69) is 5.32 Å². The fraction of sp³-hybridized carbons (Fsp3) is 0.278. The summed E-state index contributed by atoms with van der Waals surface area (Å²) in [6.07, 6.45) is 0.313. The molecule has 10 heteroatoms. The molecule has 0 bridgehead atoms. The lowest BCUT2D eigenvalue weighted by molar-refractivity contribution is -0.142. The molecule has 1 N–H and O–H groups in total. The molecular weight excluding hydrogens is 602 g/mol. The average molecular weight is 642 g/mol. The third-order valence-corrected chi connectivity index (χ3v) is 9.76. The molecule has 0 radical (unpaired) electrons. The number of amides is 2. The van der Waals surface area contributed by atoms with Gasteiger partial charge in [-0.15, -0.1) is 0 Å². The molecule has 1 saturated heterocycles. The first-order valence-electron chi connectivity index (χ1n) is 15.3. The highest BCUT2D eigenvalue weighted by atomic mass is 32.2. The Labute approximate surface area is 270 Å². The maximum Gasteiger partial charge on any atom is 0.261 e. The van der Waals surface area contributed by atoms with Crippen LogP contribution >= 0.6 is 0 Å². The Morgan fingerprint density at radius 2 is 1.43 bits per heavy atom. The van der Waals surface area contributed by atoms with Crippen molar-refractivity contribution in [2.75, 3.05) is 32.9 Å². The lowest BCUT2D eigenvalue weighted by atomic mass is 10.0. The maximum absolute atomic E-state index is 13.9. The minimum absolute atomic E-state index is 0.145. The summed E-state index contributed by atoms with van der Waals surface area (Å²) in [5.41, 5.74) is 3.88. The zero-order chi connectivity index (χ0) is 32.4. The van der Waals surface area contributed by atoms with Crippen LogP contribution in [0.5, 0.6) is 5.75 Å². The standard InChI is InChI=1S/C36H39N3O6S/c1-28-12-14-30(15-13-28)25-37-36(41)34(24-29-8-4-2-5-9-29)39(26-31-10-6-3-7-11-31)35(40)27-45-32-16-18-33(19-17-32)46(42,43)38-20-22-44-23-21-38/h2-19,34H,20-27H2,1H3,(H,37,41)/t34-/m1/s1. The minimum Gasteiger partial charge on any atom is -0.484 e. The molecule has 4 aromatic carbocycles. The van der Waals surface area contributed by atoms with Gasteiger partial charge >= 0.3 is 0 Å². The number of morpholine rings is 1. The summed E-state index contributed by atoms with van der Waals surface area (Å²) >= 11 is 0. The first kappa shape index (κ1) is 32.9. The molecule has 1 aliphatic rings. The number of aryl methyl sites for hydroxylation is 1. The monoisotopic (exact) mass is 641 g/mol. The normalized spacial score (nSPS) is 14.3. The molecule has 1 heterocycles. The van der Waals surface area contributed by atoms with E-state index in [9.17, 15) is 18.0 Å². The predicted molar refractivity (Wildman–Crippen MR) is 175 cm³/mol. The second-order valence-corrected chi connectivity index (χ2v) is 13.1. The Bertz CT molecular complexity index is 1680. The number of hydrogen-bond donors (Lipinski definition) is 1. The lowest BCUT2D eigenvalue weighted by Gasteiger charge is -2.31. The fourth-order valence-corrected chi connectivity index (χ4v) is 6.63. The van der Waals surface area contributed by atoms with Gasteiger partial charge in [0.2, 0.25) is 15.9 Å². The van der Waals surface area contributed by atoms with Crippen LogP contribution in [0.15, 0.2) is 114 Å². The molecule has 5 rings (SSSR count). The van der Waals surface area contributed by atoms with Gasteiger partial charge < -0.3 is 19.7 Å². The Hall–Kier alpha value is -4.51. The van der Waals surface area contributed by atoms with Crippen molar-refractivity contribution >= 4 is 21.8 Å². The highest BCUT2D eigenvalue weighted by Gasteiger charge is 2.31. The maximum atomic E-state index is 13.9. The van der Waals surface area contributed by atoms with Crippen molar-refractivity contribution < 1.29 is 27.5 Å². The summed E-state index contributed by atoms with van der Waals surface area (Å²) in [6, 6.07) is 32.3. The predicted octanol–water partition coefficient (Wildman–Crippen LogP) is 4.35. The van der Waals surface area contributed by atoms with Crippen LogP contribution in [0.1, 0.15) is 22.3 Å². The Morgan fingerprint density at radius 1 is 0.826 bits per heavy atom. The van der Waals surface area contributed by atoms with E-state index in [1.807, 2.05) is 91.9 Å². The highest BCUT2D eigenvalue weighted by Crippen LogP contribution is 2.21. The van der Waals surface area contributed by atoms with Crippen LogP contribution in [0.3, 0.4) is 0 Å². The number of hydrogen-bond acceptors (Lipinski definition) is 6. The third kappa shape index (κ3) is 8.81. The van der Waals surface area contributed by atoms with Crippen LogP contribution < -0.4 is 10.1 Å². The molecule has 0 aliphatic carbocycles. The summed E-state index contributed by atoms with van der Waals surface area (Å²) in [5, 5.41) is 3.04. The van der Waals surface area contributed by atoms with E-state index in [-0.39, 0.29) is 29.9 Å². The van der Waals surface area contributed by atoms with E-state index >= 15 is 0 Å². The number of sulfonamides is 1. The van der Waals surface area contributed by atoms with Crippen molar-refractivity contribution in [2.24, 2.45) is 0 Å². The van der Waals surface area contributed by atoms with Crippen molar-refractivity contribution in [3.63, 3.8) is 0 Å². The van der Waals surface area contributed by atoms with Gasteiger partial charge in [-0.1, -0.05) is 90.5 Å². The van der Waals surface area contributed by atoms with Gasteiger partial charge in [-0.2, -0.15) is 4.31 Å². The van der Waals surface area contributed by atoms with Gasteiger partial charge in [0.1, 0.15) is 11.8 Å². The largest absolute Gasteiger partial charge is 0.484 e. The molecule has 1 atom stereocenters. The molecule has 0 aromatic heterocycles. The number of benzene rings is 4. The van der Waals surface area contributed by atoms with E-state index < -0.39 is 16.1 Å². The smallest absolute Gasteiger partial charge is 0.261 e. The summed E-state index contributed by atoms with van der Waals surface area (Å²) in [7, 11) is -3.66. The van der Waals surface area contributed by atoms with Crippen molar-refractivity contribution in [3.05, 3.63) is 131 Å². The van der Waals surface area contributed by atoms with E-state index in [1.54, 1.807) is 4.90 Å². The summed E-state index contributed by atoms with van der Waals surface area (Å²) in [4.78, 5) is 29.5. The molecule has 240 valence electrons. The van der Waals surface area contributed by atoms with Crippen molar-refractivity contribution in [1.82, 2.24) is 14.5 Å². The molecule has 1 fully saturated rings. The van der Waals surface area contributed by atoms with Gasteiger partial charge in [0.15, 0.2) is 6.61 Å². The number of nitrogens with zero attached hydrogens (tertiary/aromatic N) is 2. The Morgan fingerprint density at radius 3 is 2.07 bits per heavy atom. The second kappa shape index (κ2) is 15.7. The van der Waals surface area contributed by atoms with E-state index in [0.29, 0.717) is 45.0 Å². The van der Waals surface area contributed by atoms with Gasteiger partial charge in [-0.05, 0) is 47.9 Å². The van der Waals surface area contributed by atoms with Crippen molar-refractivity contribution in [2.45, 2.75) is 37.4 Å². The van der Waals surface area contributed by atoms with Crippen LogP contribution in [-0.4, -0.2) is 68.4 Å². The fourth-order valence-electron chi connectivity index (χ4n) is 5.22. The Balaban J connectivity index is 1.34. The summed E-state index contributed by atoms with van der Waals surface area (Å²) in [5.74, 6) is -0.302. The number of ether oxygens (including phenoxy) is 2. The number of carbonyl (C=O) groups is 2. The number of rotatable bonds is 13. The molecule has 46 heavy (non-hydrogen) atoms. The SMILES string of the molecule is Cc1ccc(CNC(=O)[C@@H](Cc2ccccc2)N(Cc2ccccc2)C(=O)COc2ccc(S(=O)(=O)N3CCOCC3)cc2)cc1. The summed E-state index contributed by atoms with van der Waals surface area (Å²) < 4.78 is 38.6. The first-order chi connectivity index (χ1) is 22.3. The van der Waals surface area contributed by atoms with Gasteiger partial charge in [-0.3, -0.25) is 9.59 Å². The molecule has 4 aromatic rings. The molecule has 1 aliphatic heterocycles. The van der Waals surface area contributed by atoms with Crippen molar-refractivity contribution in [3.8, 4) is 5.75 Å². The quantitative estimate of drug-likeness (QED) is 0.233. The molecule has 0 unspecified atom stereocenters. The van der Waals surface area contributed by atoms with E-state index in [1.165, 1.54) is 28.6 Å². The molecule has 2 amide bonds. The molecule has 0 spiro atoms. The summed E-state index contributed by atoms with van der Waals surface area (Å²) in [6.45, 7) is 3.52. The topological polar surface area (TPSA) is 105 Å². The van der Waals surface area contributed by atoms with Crippen LogP contribution in [0.25, 0.3) is 0 Å². The van der Waals surface area contributed by atoms with Gasteiger partial charge in [0.05, 0.1) is 18.1 Å². The van der Waals surface area contributed by atoms with Crippen LogP contribution in [0.4, 0.5) is 0 Å². The Kier molecular flexibility index (Phi) is 11.2. The first-order valence-corrected chi connectivity index (χ1v) is 16.7. The third-order valence-electron chi connectivity index (χ3n) is 7.85. The minimum atomic E-state index is -3.66. The van der Waals surface area contributed by atoms with Crippen LogP contribution in [0.2, 0.25) is 0 Å². The molecule has 9 nitrogen and oxygen atoms in total. The van der Waals surface area contributed by atoms with E-state index in [4.69, 9.17) is 9.47 Å². The zero-order valence-corrected chi connectivity index (χ0v) is 26.7. The van der Waals surface area contributed by atoms with E-state index in [0.717, 1.165) is 22.3 Å². The molecular formula is C36H39N3O6S. The van der Waals surface area contributed by atoms with Crippen LogP contribution in [0, 0.1) is 6.92 Å². The van der Waals surface area contributed by atoms with Gasteiger partial charge in [-0.25, -0.2) is 8.42 Å². The van der Waals surface area contributed by atoms with Gasteiger partial charge in [0, 0.05) is 32.6 Å². The number of nitrogens with one attached hydrogen (secondary N) is 1. The van der Waals surface area contributed by atoms with Crippen molar-refractivity contribution in [1.29, 1.82) is 0 Å². The highest BCUT2D eigenvalue weighted by molar-refractivity contribution is 7.89. The average Bonchev–Trinajstić information content (AvgIpc) is 3.10. The molecule has 0 saturated carbocycles.